The van der Waals surface area contributed by atoms with Gasteiger partial charge in [0.05, 0.1) is 5.69 Å². The third kappa shape index (κ3) is 3.17. The van der Waals surface area contributed by atoms with Crippen molar-refractivity contribution in [1.29, 1.82) is 0 Å². The van der Waals surface area contributed by atoms with E-state index in [1.807, 2.05) is 43.5 Å². The number of rotatable bonds is 5. The molecule has 0 aliphatic rings. The van der Waals surface area contributed by atoms with Crippen molar-refractivity contribution in [3.63, 3.8) is 0 Å². The maximum absolute atomic E-state index is 12.5. The molecule has 3 heterocycles. The van der Waals surface area contributed by atoms with Gasteiger partial charge in [-0.05, 0) is 18.2 Å². The minimum absolute atomic E-state index is 0.0360. The van der Waals surface area contributed by atoms with Gasteiger partial charge in [0.2, 0.25) is 11.6 Å². The van der Waals surface area contributed by atoms with Gasteiger partial charge < -0.3 is 5.32 Å². The van der Waals surface area contributed by atoms with E-state index in [0.29, 0.717) is 18.1 Å². The quantitative estimate of drug-likeness (QED) is 0.549. The first kappa shape index (κ1) is 16.6. The van der Waals surface area contributed by atoms with Crippen LogP contribution in [0.25, 0.3) is 17.0 Å². The molecule has 0 saturated heterocycles. The van der Waals surface area contributed by atoms with Crippen LogP contribution >= 0.6 is 0 Å². The first-order chi connectivity index (χ1) is 13.2. The van der Waals surface area contributed by atoms with Gasteiger partial charge in [-0.25, -0.2) is 4.98 Å². The predicted octanol–water partition coefficient (Wildman–Crippen LogP) is 3.26. The van der Waals surface area contributed by atoms with Crippen molar-refractivity contribution in [2.24, 2.45) is 5.18 Å². The summed E-state index contributed by atoms with van der Waals surface area (Å²) < 4.78 is 3.19. The lowest BCUT2D eigenvalue weighted by Crippen LogP contribution is -2.18. The van der Waals surface area contributed by atoms with Gasteiger partial charge in [-0.1, -0.05) is 30.3 Å². The van der Waals surface area contributed by atoms with Crippen molar-refractivity contribution in [3.05, 3.63) is 65.5 Å². The number of nitrogens with one attached hydrogen (secondary N) is 1. The van der Waals surface area contributed by atoms with E-state index in [1.165, 1.54) is 10.7 Å². The minimum Gasteiger partial charge on any atom is -0.305 e. The Balaban J connectivity index is 1.62. The largest absolute Gasteiger partial charge is 0.305 e. The first-order valence-electron chi connectivity index (χ1n) is 8.31. The molecule has 9 nitrogen and oxygen atoms in total. The van der Waals surface area contributed by atoms with Crippen LogP contribution in [0, 0.1) is 4.91 Å². The van der Waals surface area contributed by atoms with Crippen LogP contribution in [0.5, 0.6) is 0 Å². The number of amides is 1. The summed E-state index contributed by atoms with van der Waals surface area (Å²) in [5.74, 6) is 0.352. The molecule has 0 spiro atoms. The Morgan fingerprint density at radius 1 is 1.19 bits per heavy atom. The average Bonchev–Trinajstić information content (AvgIpc) is 3.32. The number of anilines is 1. The SMILES string of the molecule is CCn1nc(N=O)cc1C(=O)Nc1ccn2cc(-c3ccccc3)nc2n1. The van der Waals surface area contributed by atoms with Crippen LogP contribution in [0.1, 0.15) is 17.4 Å². The summed E-state index contributed by atoms with van der Waals surface area (Å²) in [6, 6.07) is 12.8. The molecular weight excluding hydrogens is 346 g/mol. The van der Waals surface area contributed by atoms with Gasteiger partial charge in [-0.2, -0.15) is 4.98 Å². The number of hydrogen-bond acceptors (Lipinski definition) is 6. The van der Waals surface area contributed by atoms with Crippen molar-refractivity contribution in [3.8, 4) is 11.3 Å². The van der Waals surface area contributed by atoms with Crippen molar-refractivity contribution >= 4 is 23.3 Å². The maximum atomic E-state index is 12.5. The molecule has 27 heavy (non-hydrogen) atoms. The summed E-state index contributed by atoms with van der Waals surface area (Å²) >= 11 is 0. The molecule has 4 aromatic rings. The fraction of sp³-hybridized carbons (Fsp3) is 0.111. The molecule has 4 rings (SSSR count). The fourth-order valence-electron chi connectivity index (χ4n) is 2.74. The Bertz CT molecular complexity index is 1130. The zero-order valence-corrected chi connectivity index (χ0v) is 14.4. The van der Waals surface area contributed by atoms with Crippen molar-refractivity contribution in [1.82, 2.24) is 24.1 Å². The number of aryl methyl sites for hydroxylation is 1. The molecule has 1 aromatic carbocycles. The van der Waals surface area contributed by atoms with Crippen LogP contribution in [0.3, 0.4) is 0 Å². The second-order valence-electron chi connectivity index (χ2n) is 5.76. The first-order valence-corrected chi connectivity index (χ1v) is 8.31. The number of imidazole rings is 1. The number of fused-ring (bicyclic) bond motifs is 1. The van der Waals surface area contributed by atoms with Crippen LogP contribution in [0.4, 0.5) is 11.6 Å². The van der Waals surface area contributed by atoms with Gasteiger partial charge in [0.1, 0.15) is 11.5 Å². The summed E-state index contributed by atoms with van der Waals surface area (Å²) in [5, 5.41) is 9.41. The number of nitrogens with zero attached hydrogens (tertiary/aromatic N) is 6. The third-order valence-electron chi connectivity index (χ3n) is 4.03. The molecular formula is C18H15N7O2. The van der Waals surface area contributed by atoms with Crippen LogP contribution in [-0.2, 0) is 6.54 Å². The smallest absolute Gasteiger partial charge is 0.275 e. The predicted molar refractivity (Wildman–Crippen MR) is 99.7 cm³/mol. The summed E-state index contributed by atoms with van der Waals surface area (Å²) in [6.07, 6.45) is 3.64. The number of aromatic nitrogens is 5. The van der Waals surface area contributed by atoms with E-state index in [2.05, 4.69) is 25.6 Å². The number of nitroso groups, excluding NO2 is 1. The van der Waals surface area contributed by atoms with Crippen molar-refractivity contribution in [2.45, 2.75) is 13.5 Å². The Labute approximate surface area is 153 Å². The molecule has 0 aliphatic carbocycles. The monoisotopic (exact) mass is 361 g/mol. The lowest BCUT2D eigenvalue weighted by Gasteiger charge is -2.05. The van der Waals surface area contributed by atoms with E-state index >= 15 is 0 Å². The highest BCUT2D eigenvalue weighted by molar-refractivity contribution is 6.03. The molecule has 0 atom stereocenters. The van der Waals surface area contributed by atoms with Crippen molar-refractivity contribution < 1.29 is 4.79 Å². The van der Waals surface area contributed by atoms with E-state index in [4.69, 9.17) is 0 Å². The molecule has 9 heteroatoms. The van der Waals surface area contributed by atoms with Crippen LogP contribution < -0.4 is 5.32 Å². The summed E-state index contributed by atoms with van der Waals surface area (Å²) in [6.45, 7) is 2.25. The normalized spacial score (nSPS) is 10.9. The zero-order valence-electron chi connectivity index (χ0n) is 14.4. The van der Waals surface area contributed by atoms with Gasteiger partial charge in [0.25, 0.3) is 5.91 Å². The van der Waals surface area contributed by atoms with Crippen LogP contribution in [-0.4, -0.2) is 30.1 Å². The molecule has 0 bridgehead atoms. The number of benzene rings is 1. The second kappa shape index (κ2) is 6.79. The number of carbonyl (C=O) groups is 1. The molecule has 0 saturated carbocycles. The van der Waals surface area contributed by atoms with Gasteiger partial charge in [-0.15, -0.1) is 10.0 Å². The average molecular weight is 361 g/mol. The molecule has 0 aliphatic heterocycles. The van der Waals surface area contributed by atoms with Gasteiger partial charge in [0, 0.05) is 30.6 Å². The summed E-state index contributed by atoms with van der Waals surface area (Å²) in [7, 11) is 0. The fourth-order valence-corrected chi connectivity index (χ4v) is 2.74. The Morgan fingerprint density at radius 3 is 2.74 bits per heavy atom. The third-order valence-corrected chi connectivity index (χ3v) is 4.03. The van der Waals surface area contributed by atoms with E-state index in [9.17, 15) is 9.70 Å². The topological polar surface area (TPSA) is 107 Å². The molecule has 0 fully saturated rings. The standard InChI is InChI=1S/C18H15N7O2/c1-2-25-14(10-16(22-25)23-27)17(26)20-15-8-9-24-11-13(19-18(24)21-15)12-6-4-3-5-7-12/h3-11H,2H2,1H3,(H,19,20,21,26). The molecule has 1 N–H and O–H groups in total. The van der Waals surface area contributed by atoms with Gasteiger partial charge >= 0.3 is 0 Å². The Hall–Kier alpha value is -3.88. The maximum Gasteiger partial charge on any atom is 0.275 e. The zero-order chi connectivity index (χ0) is 18.8. The van der Waals surface area contributed by atoms with Crippen LogP contribution in [0.15, 0.2) is 60.0 Å². The van der Waals surface area contributed by atoms with Crippen LogP contribution in [0.2, 0.25) is 0 Å². The minimum atomic E-state index is -0.425. The Morgan fingerprint density at radius 2 is 2.00 bits per heavy atom. The lowest BCUT2D eigenvalue weighted by molar-refractivity contribution is 0.101. The highest BCUT2D eigenvalue weighted by Crippen LogP contribution is 2.19. The second-order valence-corrected chi connectivity index (χ2v) is 5.76. The van der Waals surface area contributed by atoms with E-state index in [1.54, 1.807) is 16.7 Å². The van der Waals surface area contributed by atoms with Crippen molar-refractivity contribution in [2.75, 3.05) is 5.32 Å². The lowest BCUT2D eigenvalue weighted by atomic mass is 10.2. The number of hydrogen-bond donors (Lipinski definition) is 1. The molecule has 1 amide bonds. The molecule has 0 radical (unpaired) electrons. The number of carbonyl (C=O) groups excluding carboxylic acids is 1. The molecule has 134 valence electrons. The molecule has 0 unspecified atom stereocenters. The van der Waals surface area contributed by atoms with E-state index in [0.717, 1.165) is 11.3 Å². The van der Waals surface area contributed by atoms with E-state index < -0.39 is 5.91 Å². The van der Waals surface area contributed by atoms with Gasteiger partial charge in [-0.3, -0.25) is 13.9 Å². The molecule has 3 aromatic heterocycles. The highest BCUT2D eigenvalue weighted by Gasteiger charge is 2.16. The summed E-state index contributed by atoms with van der Waals surface area (Å²) in [5.41, 5.74) is 2.01. The highest BCUT2D eigenvalue weighted by atomic mass is 16.3. The Kier molecular flexibility index (Phi) is 4.17. The van der Waals surface area contributed by atoms with Gasteiger partial charge in [0.15, 0.2) is 0 Å². The summed E-state index contributed by atoms with van der Waals surface area (Å²) in [4.78, 5) is 32.0. The van der Waals surface area contributed by atoms with E-state index in [-0.39, 0.29) is 11.5 Å².